The van der Waals surface area contributed by atoms with Crippen LogP contribution in [0.15, 0.2) is 17.0 Å². The van der Waals surface area contributed by atoms with Crippen LogP contribution in [-0.4, -0.2) is 25.8 Å². The lowest BCUT2D eigenvalue weighted by atomic mass is 9.94. The Balaban J connectivity index is 2.26. The van der Waals surface area contributed by atoms with Gasteiger partial charge in [-0.15, -0.1) is 0 Å². The lowest BCUT2D eigenvalue weighted by Gasteiger charge is -2.32. The van der Waals surface area contributed by atoms with Crippen molar-refractivity contribution in [3.63, 3.8) is 0 Å². The highest BCUT2D eigenvalue weighted by Gasteiger charge is 2.31. The molecule has 1 fully saturated rings. The molecular formula is C16H26N2O2S. The summed E-state index contributed by atoms with van der Waals surface area (Å²) in [6, 6.07) is 3.71. The van der Waals surface area contributed by atoms with Crippen molar-refractivity contribution in [2.75, 3.05) is 18.8 Å². The molecule has 0 bridgehead atoms. The molecule has 118 valence electrons. The molecule has 21 heavy (non-hydrogen) atoms. The smallest absolute Gasteiger partial charge is 0.245 e. The Bertz CT molecular complexity index is 603. The maximum Gasteiger partial charge on any atom is 0.245 e. The van der Waals surface area contributed by atoms with Gasteiger partial charge in [0.25, 0.3) is 0 Å². The van der Waals surface area contributed by atoms with Crippen molar-refractivity contribution >= 4 is 15.7 Å². The highest BCUT2D eigenvalue weighted by molar-refractivity contribution is 7.89. The Labute approximate surface area is 128 Å². The molecule has 0 unspecified atom stereocenters. The normalized spacial score (nSPS) is 18.0. The molecule has 1 aromatic rings. The zero-order valence-corrected chi connectivity index (χ0v) is 14.0. The molecule has 2 rings (SSSR count). The summed E-state index contributed by atoms with van der Waals surface area (Å²) in [5, 5.41) is 0. The fraction of sp³-hybridized carbons (Fsp3) is 0.625. The van der Waals surface area contributed by atoms with Gasteiger partial charge in [0, 0.05) is 13.1 Å². The summed E-state index contributed by atoms with van der Waals surface area (Å²) < 4.78 is 27.4. The van der Waals surface area contributed by atoms with Gasteiger partial charge in [0.15, 0.2) is 0 Å². The number of rotatable bonds is 4. The molecule has 0 aliphatic carbocycles. The molecule has 1 aliphatic heterocycles. The molecule has 0 aromatic heterocycles. The number of benzene rings is 1. The van der Waals surface area contributed by atoms with Gasteiger partial charge in [-0.05, 0) is 43.7 Å². The van der Waals surface area contributed by atoms with Crippen LogP contribution in [-0.2, 0) is 10.0 Å². The van der Waals surface area contributed by atoms with Crippen molar-refractivity contribution in [3.8, 4) is 0 Å². The molecule has 1 saturated heterocycles. The molecule has 1 aromatic carbocycles. The van der Waals surface area contributed by atoms with Gasteiger partial charge in [-0.25, -0.2) is 8.42 Å². The van der Waals surface area contributed by atoms with Gasteiger partial charge in [0.05, 0.1) is 5.69 Å². The maximum absolute atomic E-state index is 12.9. The molecule has 0 amide bonds. The Morgan fingerprint density at radius 1 is 1.19 bits per heavy atom. The quantitative estimate of drug-likeness (QED) is 0.869. The summed E-state index contributed by atoms with van der Waals surface area (Å²) in [7, 11) is -3.48. The molecule has 0 spiro atoms. The Morgan fingerprint density at radius 2 is 1.76 bits per heavy atom. The van der Waals surface area contributed by atoms with E-state index in [2.05, 4.69) is 6.92 Å². The molecule has 1 aliphatic rings. The van der Waals surface area contributed by atoms with E-state index in [0.717, 1.165) is 24.0 Å². The minimum absolute atomic E-state index is 0.302. The summed E-state index contributed by atoms with van der Waals surface area (Å²) in [6.07, 6.45) is 4.27. The zero-order valence-electron chi connectivity index (χ0n) is 13.2. The van der Waals surface area contributed by atoms with Gasteiger partial charge in [0.2, 0.25) is 10.0 Å². The van der Waals surface area contributed by atoms with Crippen molar-refractivity contribution in [1.29, 1.82) is 0 Å². The predicted octanol–water partition coefficient (Wildman–Crippen LogP) is 3.09. The molecule has 1 heterocycles. The van der Waals surface area contributed by atoms with Crippen molar-refractivity contribution < 1.29 is 8.42 Å². The number of anilines is 1. The molecular weight excluding hydrogens is 284 g/mol. The number of piperidine rings is 1. The monoisotopic (exact) mass is 310 g/mol. The topological polar surface area (TPSA) is 63.4 Å². The first-order valence-corrected chi connectivity index (χ1v) is 9.17. The van der Waals surface area contributed by atoms with Crippen LogP contribution in [0.3, 0.4) is 0 Å². The molecule has 0 saturated carbocycles. The van der Waals surface area contributed by atoms with Crippen molar-refractivity contribution in [2.24, 2.45) is 5.92 Å². The van der Waals surface area contributed by atoms with E-state index in [1.165, 1.54) is 12.8 Å². The van der Waals surface area contributed by atoms with E-state index in [0.29, 0.717) is 29.6 Å². The van der Waals surface area contributed by atoms with Gasteiger partial charge >= 0.3 is 0 Å². The minimum Gasteiger partial charge on any atom is -0.397 e. The lowest BCUT2D eigenvalue weighted by molar-refractivity contribution is 0.262. The first-order chi connectivity index (χ1) is 9.87. The summed E-state index contributed by atoms with van der Waals surface area (Å²) in [6.45, 7) is 7.06. The van der Waals surface area contributed by atoms with Crippen molar-refractivity contribution in [1.82, 2.24) is 4.31 Å². The molecule has 5 heteroatoms. The average molecular weight is 310 g/mol. The largest absolute Gasteiger partial charge is 0.397 e. The third kappa shape index (κ3) is 3.24. The van der Waals surface area contributed by atoms with E-state index >= 15 is 0 Å². The first kappa shape index (κ1) is 16.3. The maximum atomic E-state index is 12.9. The summed E-state index contributed by atoms with van der Waals surface area (Å²) in [4.78, 5) is 0.302. The van der Waals surface area contributed by atoms with E-state index in [1.54, 1.807) is 4.31 Å². The number of hydrogen-bond acceptors (Lipinski definition) is 3. The van der Waals surface area contributed by atoms with E-state index < -0.39 is 10.0 Å². The molecule has 4 nitrogen and oxygen atoms in total. The fourth-order valence-corrected chi connectivity index (χ4v) is 4.99. The van der Waals surface area contributed by atoms with E-state index in [-0.39, 0.29) is 0 Å². The van der Waals surface area contributed by atoms with Gasteiger partial charge in [-0.2, -0.15) is 4.31 Å². The highest BCUT2D eigenvalue weighted by atomic mass is 32.2. The summed E-state index contributed by atoms with van der Waals surface area (Å²) in [5.41, 5.74) is 7.99. The van der Waals surface area contributed by atoms with Gasteiger partial charge < -0.3 is 5.73 Å². The predicted molar refractivity (Wildman–Crippen MR) is 86.7 cm³/mol. The number of sulfonamides is 1. The van der Waals surface area contributed by atoms with Crippen LogP contribution in [0.1, 0.15) is 43.7 Å². The fourth-order valence-electron chi connectivity index (χ4n) is 3.13. The SMILES string of the molecule is CCCC1CCN(S(=O)(=O)c2c(C)ccc(C)c2N)CC1. The van der Waals surface area contributed by atoms with E-state index in [9.17, 15) is 8.42 Å². The average Bonchev–Trinajstić information content (AvgIpc) is 2.44. The van der Waals surface area contributed by atoms with Gasteiger partial charge in [-0.3, -0.25) is 0 Å². The number of nitrogens with zero attached hydrogens (tertiary/aromatic N) is 1. The Kier molecular flexibility index (Phi) is 4.94. The van der Waals surface area contributed by atoms with Crippen molar-refractivity contribution in [3.05, 3.63) is 23.3 Å². The highest BCUT2D eigenvalue weighted by Crippen LogP contribution is 2.32. The molecule has 2 N–H and O–H groups in total. The van der Waals surface area contributed by atoms with Crippen LogP contribution < -0.4 is 5.73 Å². The molecule has 0 radical (unpaired) electrons. The van der Waals surface area contributed by atoms with Crippen LogP contribution in [0.2, 0.25) is 0 Å². The number of nitrogens with two attached hydrogens (primary N) is 1. The minimum atomic E-state index is -3.48. The number of hydrogen-bond donors (Lipinski definition) is 1. The van der Waals surface area contributed by atoms with Crippen LogP contribution in [0.5, 0.6) is 0 Å². The summed E-state index contributed by atoms with van der Waals surface area (Å²) >= 11 is 0. The Morgan fingerprint density at radius 3 is 2.33 bits per heavy atom. The third-order valence-electron chi connectivity index (χ3n) is 4.48. The van der Waals surface area contributed by atoms with Crippen LogP contribution in [0.25, 0.3) is 0 Å². The lowest BCUT2D eigenvalue weighted by Crippen LogP contribution is -2.39. The second-order valence-corrected chi connectivity index (χ2v) is 7.95. The second kappa shape index (κ2) is 6.36. The standard InChI is InChI=1S/C16H26N2O2S/c1-4-5-14-8-10-18(11-9-14)21(19,20)16-13(3)7-6-12(2)15(16)17/h6-7,14H,4-5,8-11,17H2,1-3H3. The molecule has 0 atom stereocenters. The van der Waals surface area contributed by atoms with Gasteiger partial charge in [-0.1, -0.05) is 31.9 Å². The summed E-state index contributed by atoms with van der Waals surface area (Å²) in [5.74, 6) is 0.664. The number of aryl methyl sites for hydroxylation is 2. The third-order valence-corrected chi connectivity index (χ3v) is 6.58. The Hall–Kier alpha value is -1.07. The zero-order chi connectivity index (χ0) is 15.6. The van der Waals surface area contributed by atoms with E-state index in [4.69, 9.17) is 5.73 Å². The van der Waals surface area contributed by atoms with Crippen LogP contribution in [0, 0.1) is 19.8 Å². The van der Waals surface area contributed by atoms with E-state index in [1.807, 2.05) is 26.0 Å². The van der Waals surface area contributed by atoms with Crippen LogP contribution in [0.4, 0.5) is 5.69 Å². The van der Waals surface area contributed by atoms with Crippen LogP contribution >= 0.6 is 0 Å². The van der Waals surface area contributed by atoms with Crippen molar-refractivity contribution in [2.45, 2.75) is 51.3 Å². The van der Waals surface area contributed by atoms with Gasteiger partial charge in [0.1, 0.15) is 4.90 Å². The first-order valence-electron chi connectivity index (χ1n) is 7.73. The second-order valence-electron chi connectivity index (χ2n) is 6.08. The number of nitrogen functional groups attached to an aromatic ring is 1.